The molecule has 0 aliphatic carbocycles. The van der Waals surface area contributed by atoms with Crippen LogP contribution >= 0.6 is 0 Å². The van der Waals surface area contributed by atoms with Crippen LogP contribution in [-0.4, -0.2) is 72.3 Å². The molecule has 212 valence electrons. The van der Waals surface area contributed by atoms with E-state index >= 15 is 0 Å². The van der Waals surface area contributed by atoms with Gasteiger partial charge in [-0.25, -0.2) is 4.79 Å². The summed E-state index contributed by atoms with van der Waals surface area (Å²) >= 11 is 0. The number of benzene rings is 1. The minimum Gasteiger partial charge on any atom is -0.479 e. The predicted octanol–water partition coefficient (Wildman–Crippen LogP) is 1.57. The third-order valence-electron chi connectivity index (χ3n) is 4.87. The Bertz CT molecular complexity index is 919. The molecular formula is C26H38N2O10. The summed E-state index contributed by atoms with van der Waals surface area (Å²) in [7, 11) is 0. The topological polar surface area (TPSA) is 178 Å². The SMILES string of the molecule is CC(C)C.O=CCCCC(=O)NCCNC(=O)c1cc(COC=O)ccc1OC1CC(O)C[C@@H](C(=O)O)O1. The van der Waals surface area contributed by atoms with Crippen molar-refractivity contribution in [2.75, 3.05) is 13.1 Å². The number of ether oxygens (including phenoxy) is 3. The smallest absolute Gasteiger partial charge is 0.333 e. The monoisotopic (exact) mass is 538 g/mol. The van der Waals surface area contributed by atoms with Gasteiger partial charge in [-0.2, -0.15) is 0 Å². The fourth-order valence-corrected chi connectivity index (χ4v) is 3.22. The third-order valence-corrected chi connectivity index (χ3v) is 4.87. The minimum atomic E-state index is -1.25. The van der Waals surface area contributed by atoms with Crippen molar-refractivity contribution >= 4 is 30.5 Å². The number of nitrogens with one attached hydrogen (secondary N) is 2. The van der Waals surface area contributed by atoms with Crippen molar-refractivity contribution in [2.45, 2.75) is 78.0 Å². The number of unbranched alkanes of at least 4 members (excludes halogenated alkanes) is 1. The maximum atomic E-state index is 12.8. The van der Waals surface area contributed by atoms with Gasteiger partial charge in [0.1, 0.15) is 18.6 Å². The first-order valence-electron chi connectivity index (χ1n) is 12.5. The van der Waals surface area contributed by atoms with Gasteiger partial charge < -0.3 is 39.9 Å². The number of aliphatic carboxylic acids is 1. The maximum Gasteiger partial charge on any atom is 0.333 e. The van der Waals surface area contributed by atoms with Crippen LogP contribution in [0, 0.1) is 5.92 Å². The fourth-order valence-electron chi connectivity index (χ4n) is 3.22. The zero-order valence-electron chi connectivity index (χ0n) is 22.0. The average Bonchev–Trinajstić information content (AvgIpc) is 2.85. The van der Waals surface area contributed by atoms with Crippen molar-refractivity contribution in [3.05, 3.63) is 29.3 Å². The molecule has 1 aromatic carbocycles. The number of aliphatic hydroxyl groups excluding tert-OH is 1. The quantitative estimate of drug-likeness (QED) is 0.201. The Morgan fingerprint density at radius 2 is 1.82 bits per heavy atom. The molecule has 0 saturated carbocycles. The molecule has 1 fully saturated rings. The van der Waals surface area contributed by atoms with Crippen molar-refractivity contribution < 1.29 is 48.4 Å². The number of rotatable bonds is 14. The van der Waals surface area contributed by atoms with Crippen LogP contribution in [0.25, 0.3) is 0 Å². The summed E-state index contributed by atoms with van der Waals surface area (Å²) in [5, 5.41) is 24.4. The lowest BCUT2D eigenvalue weighted by atomic mass is 10.0. The minimum absolute atomic E-state index is 0.0109. The third kappa shape index (κ3) is 13.2. The number of amides is 2. The van der Waals surface area contributed by atoms with Crippen LogP contribution in [0.5, 0.6) is 5.75 Å². The summed E-state index contributed by atoms with van der Waals surface area (Å²) < 4.78 is 15.8. The first-order chi connectivity index (χ1) is 18.1. The van der Waals surface area contributed by atoms with E-state index in [9.17, 15) is 34.2 Å². The average molecular weight is 539 g/mol. The molecule has 1 aliphatic rings. The molecule has 1 aliphatic heterocycles. The van der Waals surface area contributed by atoms with Gasteiger partial charge >= 0.3 is 5.97 Å². The Labute approximate surface area is 222 Å². The molecule has 4 N–H and O–H groups in total. The van der Waals surface area contributed by atoms with Gasteiger partial charge in [0.15, 0.2) is 6.10 Å². The van der Waals surface area contributed by atoms with E-state index in [0.29, 0.717) is 18.4 Å². The van der Waals surface area contributed by atoms with Crippen molar-refractivity contribution in [3.8, 4) is 5.75 Å². The highest BCUT2D eigenvalue weighted by atomic mass is 16.7. The van der Waals surface area contributed by atoms with E-state index in [1.165, 1.54) is 12.1 Å². The molecule has 2 unspecified atom stereocenters. The lowest BCUT2D eigenvalue weighted by Gasteiger charge is -2.31. The van der Waals surface area contributed by atoms with Crippen LogP contribution in [0.4, 0.5) is 0 Å². The molecule has 0 spiro atoms. The van der Waals surface area contributed by atoms with Gasteiger partial charge in [-0.05, 0) is 30.0 Å². The van der Waals surface area contributed by atoms with Crippen molar-refractivity contribution in [1.82, 2.24) is 10.6 Å². The maximum absolute atomic E-state index is 12.8. The number of carbonyl (C=O) groups excluding carboxylic acids is 4. The molecule has 0 aromatic heterocycles. The number of carboxylic acids is 1. The highest BCUT2D eigenvalue weighted by Gasteiger charge is 2.34. The van der Waals surface area contributed by atoms with Crippen LogP contribution in [0.15, 0.2) is 18.2 Å². The first kappa shape index (κ1) is 32.5. The lowest BCUT2D eigenvalue weighted by Crippen LogP contribution is -2.42. The second-order valence-electron chi connectivity index (χ2n) is 9.27. The van der Waals surface area contributed by atoms with Gasteiger partial charge in [-0.1, -0.05) is 26.8 Å². The van der Waals surface area contributed by atoms with E-state index in [-0.39, 0.29) is 62.7 Å². The van der Waals surface area contributed by atoms with E-state index in [1.54, 1.807) is 6.07 Å². The molecular weight excluding hydrogens is 500 g/mol. The first-order valence-corrected chi connectivity index (χ1v) is 12.5. The van der Waals surface area contributed by atoms with Gasteiger partial charge in [0.05, 0.1) is 11.7 Å². The number of carboxylic acid groups (broad SMARTS) is 1. The van der Waals surface area contributed by atoms with Crippen LogP contribution < -0.4 is 15.4 Å². The molecule has 0 bridgehead atoms. The number of hydrogen-bond acceptors (Lipinski definition) is 9. The van der Waals surface area contributed by atoms with Crippen molar-refractivity contribution in [1.29, 1.82) is 0 Å². The van der Waals surface area contributed by atoms with Gasteiger partial charge in [0.2, 0.25) is 12.2 Å². The summed E-state index contributed by atoms with van der Waals surface area (Å²) in [6.07, 6.45) is -1.68. The van der Waals surface area contributed by atoms with Crippen LogP contribution in [0.2, 0.25) is 0 Å². The van der Waals surface area contributed by atoms with Crippen LogP contribution in [0.3, 0.4) is 0 Å². The second kappa shape index (κ2) is 17.9. The summed E-state index contributed by atoms with van der Waals surface area (Å²) in [5.41, 5.74) is 0.570. The van der Waals surface area contributed by atoms with E-state index < -0.39 is 30.4 Å². The summed E-state index contributed by atoms with van der Waals surface area (Å²) in [6.45, 7) is 6.95. The molecule has 2 rings (SSSR count). The van der Waals surface area contributed by atoms with E-state index in [1.807, 2.05) is 0 Å². The highest BCUT2D eigenvalue weighted by molar-refractivity contribution is 5.97. The Hall–Kier alpha value is -3.51. The number of hydrogen-bond donors (Lipinski definition) is 4. The van der Waals surface area contributed by atoms with E-state index in [2.05, 4.69) is 31.4 Å². The zero-order valence-corrected chi connectivity index (χ0v) is 22.0. The lowest BCUT2D eigenvalue weighted by molar-refractivity contribution is -0.195. The summed E-state index contributed by atoms with van der Waals surface area (Å²) in [4.78, 5) is 56.5. The highest BCUT2D eigenvalue weighted by Crippen LogP contribution is 2.27. The molecule has 12 heteroatoms. The molecule has 1 heterocycles. The molecule has 3 atom stereocenters. The van der Waals surface area contributed by atoms with Gasteiger partial charge in [0, 0.05) is 38.8 Å². The van der Waals surface area contributed by atoms with Crippen LogP contribution in [0.1, 0.15) is 68.8 Å². The van der Waals surface area contributed by atoms with Gasteiger partial charge in [-0.3, -0.25) is 14.4 Å². The fraction of sp³-hybridized carbons (Fsp3) is 0.577. The van der Waals surface area contributed by atoms with Crippen molar-refractivity contribution in [2.24, 2.45) is 5.92 Å². The van der Waals surface area contributed by atoms with Crippen LogP contribution in [-0.2, 0) is 35.3 Å². The number of aliphatic hydroxyl groups is 1. The molecule has 1 saturated heterocycles. The Balaban J connectivity index is 0.00000168. The zero-order chi connectivity index (χ0) is 28.5. The molecule has 12 nitrogen and oxygen atoms in total. The second-order valence-corrected chi connectivity index (χ2v) is 9.27. The molecule has 1 aromatic rings. The Morgan fingerprint density at radius 3 is 2.45 bits per heavy atom. The Kier molecular flexibility index (Phi) is 15.3. The van der Waals surface area contributed by atoms with E-state index in [4.69, 9.17) is 14.2 Å². The van der Waals surface area contributed by atoms with Crippen molar-refractivity contribution in [3.63, 3.8) is 0 Å². The summed E-state index contributed by atoms with van der Waals surface area (Å²) in [6, 6.07) is 4.45. The number of carbonyl (C=O) groups is 5. The molecule has 38 heavy (non-hydrogen) atoms. The molecule has 2 amide bonds. The van der Waals surface area contributed by atoms with E-state index in [0.717, 1.165) is 12.2 Å². The standard InChI is InChI=1S/C22H28N2O10.C4H10/c25-8-2-1-3-19(28)23-6-7-24-21(29)16-9-14(12-32-13-26)4-5-17(16)33-20-11-15(27)10-18(34-20)22(30)31;1-4(2)3/h4-5,8-9,13,15,18,20,27H,1-3,6-7,10-12H2,(H,23,28)(H,24,29)(H,30,31);4H,1-3H3/t15?,18-,20?;/m0./s1. The summed E-state index contributed by atoms with van der Waals surface area (Å²) in [5.74, 6) is -1.12. The van der Waals surface area contributed by atoms with Gasteiger partial charge in [0.25, 0.3) is 12.4 Å². The molecule has 0 radical (unpaired) electrons. The predicted molar refractivity (Wildman–Crippen MR) is 135 cm³/mol. The Morgan fingerprint density at radius 1 is 1.13 bits per heavy atom. The largest absolute Gasteiger partial charge is 0.479 e. The van der Waals surface area contributed by atoms with Gasteiger partial charge in [-0.15, -0.1) is 0 Å². The number of aldehydes is 1. The normalized spacial score (nSPS) is 18.4.